The Labute approximate surface area is 163 Å². The lowest BCUT2D eigenvalue weighted by Gasteiger charge is -2.41. The second-order valence-electron chi connectivity index (χ2n) is 8.83. The molecule has 2 fully saturated rings. The van der Waals surface area contributed by atoms with Crippen molar-refractivity contribution in [3.8, 4) is 0 Å². The molecular weight excluding hydrogens is 338 g/mol. The second-order valence-corrected chi connectivity index (χ2v) is 8.83. The maximum atomic E-state index is 11.5. The van der Waals surface area contributed by atoms with Gasteiger partial charge in [0.05, 0.1) is 18.8 Å². The van der Waals surface area contributed by atoms with Crippen LogP contribution in [0.3, 0.4) is 0 Å². The van der Waals surface area contributed by atoms with Crippen LogP contribution in [0.4, 0.5) is 0 Å². The van der Waals surface area contributed by atoms with Crippen molar-refractivity contribution < 1.29 is 10.2 Å². The van der Waals surface area contributed by atoms with Crippen LogP contribution in [0.1, 0.15) is 42.9 Å². The van der Waals surface area contributed by atoms with E-state index in [1.807, 2.05) is 0 Å². The van der Waals surface area contributed by atoms with Crippen LogP contribution in [0.15, 0.2) is 24.3 Å². The molecule has 2 saturated heterocycles. The summed E-state index contributed by atoms with van der Waals surface area (Å²) in [4.78, 5) is 4.78. The van der Waals surface area contributed by atoms with Crippen LogP contribution in [0.5, 0.6) is 0 Å². The Morgan fingerprint density at radius 2 is 1.89 bits per heavy atom. The van der Waals surface area contributed by atoms with E-state index in [0.717, 1.165) is 52.1 Å². The summed E-state index contributed by atoms with van der Waals surface area (Å²) < 4.78 is 0. The number of hydrogen-bond acceptors (Lipinski definition) is 5. The summed E-state index contributed by atoms with van der Waals surface area (Å²) >= 11 is 0. The number of β-amino-alcohol motifs (C(OH)–C–C–N with tert-alkyl or cyclic N) is 1. The molecule has 2 heterocycles. The van der Waals surface area contributed by atoms with Gasteiger partial charge in [-0.05, 0) is 76.0 Å². The third kappa shape index (κ3) is 3.56. The van der Waals surface area contributed by atoms with Gasteiger partial charge in [-0.25, -0.2) is 0 Å². The van der Waals surface area contributed by atoms with Crippen molar-refractivity contribution in [2.45, 2.75) is 43.2 Å². The number of likely N-dealkylation sites (N-methyl/N-ethyl adjacent to an activating group) is 1. The molecule has 3 aliphatic rings. The Hall–Kier alpha value is -0.980. The van der Waals surface area contributed by atoms with Crippen LogP contribution in [0.2, 0.25) is 0 Å². The van der Waals surface area contributed by atoms with Gasteiger partial charge in [0.1, 0.15) is 0 Å². The quantitative estimate of drug-likeness (QED) is 0.728. The van der Waals surface area contributed by atoms with Crippen LogP contribution in [-0.4, -0.2) is 79.0 Å². The molecule has 3 N–H and O–H groups in total. The number of likely N-dealkylation sites (tertiary alicyclic amines) is 1. The lowest BCUT2D eigenvalue weighted by molar-refractivity contribution is -0.00105. The first-order valence-electron chi connectivity index (χ1n) is 10.7. The predicted molar refractivity (Wildman–Crippen MR) is 108 cm³/mol. The number of fused-ring (bicyclic) bond motifs is 2. The topological polar surface area (TPSA) is 59.0 Å². The Bertz CT molecular complexity index is 624. The summed E-state index contributed by atoms with van der Waals surface area (Å²) in [6.45, 7) is 6.24. The van der Waals surface area contributed by atoms with E-state index in [0.29, 0.717) is 5.92 Å². The smallest absolute Gasteiger partial charge is 0.0834 e. The molecule has 5 nitrogen and oxygen atoms in total. The summed E-state index contributed by atoms with van der Waals surface area (Å²) in [5.74, 6) is 0.675. The summed E-state index contributed by atoms with van der Waals surface area (Å²) in [5, 5.41) is 24.1. The summed E-state index contributed by atoms with van der Waals surface area (Å²) in [7, 11) is 2.20. The molecule has 150 valence electrons. The molecule has 1 spiro atoms. The first kappa shape index (κ1) is 19.3. The average Bonchev–Trinajstić information content (AvgIpc) is 2.93. The molecule has 0 bridgehead atoms. The van der Waals surface area contributed by atoms with Gasteiger partial charge in [-0.1, -0.05) is 24.3 Å². The van der Waals surface area contributed by atoms with E-state index in [4.69, 9.17) is 5.11 Å². The lowest BCUT2D eigenvalue weighted by Crippen LogP contribution is -2.49. The Morgan fingerprint density at radius 3 is 2.59 bits per heavy atom. The highest BCUT2D eigenvalue weighted by Gasteiger charge is 2.52. The standard InChI is InChI=1S/C22H35N3O2/c1-24(16-17-6-12-25(13-7-17)14-15-26)20-18-4-2-3-5-19(18)22(21(20)27)8-10-23-11-9-22/h2-5,17,20-21,23,26-27H,6-16H2,1H3/t20-,21+/m0/s1. The first-order chi connectivity index (χ1) is 13.2. The molecule has 2 atom stereocenters. The summed E-state index contributed by atoms with van der Waals surface area (Å²) in [5.41, 5.74) is 2.64. The molecule has 2 aliphatic heterocycles. The third-order valence-electron chi connectivity index (χ3n) is 7.32. The van der Waals surface area contributed by atoms with E-state index in [9.17, 15) is 5.11 Å². The van der Waals surface area contributed by atoms with Crippen molar-refractivity contribution in [3.63, 3.8) is 0 Å². The van der Waals surface area contributed by atoms with Crippen LogP contribution in [-0.2, 0) is 5.41 Å². The van der Waals surface area contributed by atoms with E-state index >= 15 is 0 Å². The lowest BCUT2D eigenvalue weighted by atomic mass is 9.72. The van der Waals surface area contributed by atoms with Crippen molar-refractivity contribution in [2.24, 2.45) is 5.92 Å². The minimum absolute atomic E-state index is 0.0781. The molecule has 1 aliphatic carbocycles. The first-order valence-corrected chi connectivity index (χ1v) is 10.7. The van der Waals surface area contributed by atoms with E-state index in [1.165, 1.54) is 24.0 Å². The number of rotatable bonds is 5. The van der Waals surface area contributed by atoms with Gasteiger partial charge in [0.15, 0.2) is 0 Å². The monoisotopic (exact) mass is 373 g/mol. The van der Waals surface area contributed by atoms with Crippen LogP contribution < -0.4 is 5.32 Å². The average molecular weight is 374 g/mol. The zero-order chi connectivity index (χ0) is 18.9. The van der Waals surface area contributed by atoms with Gasteiger partial charge in [-0.2, -0.15) is 0 Å². The van der Waals surface area contributed by atoms with Crippen molar-refractivity contribution in [1.29, 1.82) is 0 Å². The molecule has 0 radical (unpaired) electrons. The maximum Gasteiger partial charge on any atom is 0.0834 e. The fraction of sp³-hybridized carbons (Fsp3) is 0.727. The highest BCUT2D eigenvalue weighted by atomic mass is 16.3. The van der Waals surface area contributed by atoms with Crippen LogP contribution >= 0.6 is 0 Å². The summed E-state index contributed by atoms with van der Waals surface area (Å²) in [6.07, 6.45) is 4.09. The van der Waals surface area contributed by atoms with Crippen molar-refractivity contribution in [1.82, 2.24) is 15.1 Å². The second kappa shape index (κ2) is 8.18. The van der Waals surface area contributed by atoms with E-state index in [-0.39, 0.29) is 24.2 Å². The molecule has 5 heteroatoms. The molecule has 4 rings (SSSR count). The number of hydrogen-bond donors (Lipinski definition) is 3. The largest absolute Gasteiger partial charge is 0.395 e. The van der Waals surface area contributed by atoms with Crippen molar-refractivity contribution >= 4 is 0 Å². The van der Waals surface area contributed by atoms with Gasteiger partial charge in [0, 0.05) is 18.5 Å². The third-order valence-corrected chi connectivity index (χ3v) is 7.32. The number of benzene rings is 1. The number of aliphatic hydroxyl groups is 2. The molecule has 27 heavy (non-hydrogen) atoms. The molecule has 0 unspecified atom stereocenters. The minimum atomic E-state index is -0.323. The SMILES string of the molecule is CN(CC1CCN(CCO)CC1)[C@H]1c2ccccc2C2(CCNCC2)[C@@H]1O. The maximum absolute atomic E-state index is 11.5. The van der Waals surface area contributed by atoms with E-state index in [1.54, 1.807) is 0 Å². The summed E-state index contributed by atoms with van der Waals surface area (Å²) in [6, 6.07) is 8.86. The fourth-order valence-corrected chi connectivity index (χ4v) is 5.81. The Morgan fingerprint density at radius 1 is 1.19 bits per heavy atom. The normalized spacial score (nSPS) is 28.7. The zero-order valence-corrected chi connectivity index (χ0v) is 16.6. The fourth-order valence-electron chi connectivity index (χ4n) is 5.81. The van der Waals surface area contributed by atoms with Crippen molar-refractivity contribution in [3.05, 3.63) is 35.4 Å². The van der Waals surface area contributed by atoms with Gasteiger partial charge in [0.25, 0.3) is 0 Å². The van der Waals surface area contributed by atoms with Gasteiger partial charge < -0.3 is 20.4 Å². The number of nitrogens with zero attached hydrogens (tertiary/aromatic N) is 2. The number of nitrogens with one attached hydrogen (secondary N) is 1. The Balaban J connectivity index is 1.48. The van der Waals surface area contributed by atoms with E-state index in [2.05, 4.69) is 46.4 Å². The van der Waals surface area contributed by atoms with Crippen molar-refractivity contribution in [2.75, 3.05) is 52.9 Å². The molecule has 1 aromatic rings. The van der Waals surface area contributed by atoms with Gasteiger partial charge in [-0.3, -0.25) is 4.90 Å². The molecular formula is C22H35N3O2. The Kier molecular flexibility index (Phi) is 5.86. The zero-order valence-electron chi connectivity index (χ0n) is 16.6. The highest BCUT2D eigenvalue weighted by Crippen LogP contribution is 2.51. The molecule has 0 aromatic heterocycles. The predicted octanol–water partition coefficient (Wildman–Crippen LogP) is 1.36. The number of aliphatic hydroxyl groups excluding tert-OH is 2. The van der Waals surface area contributed by atoms with Gasteiger partial charge in [0.2, 0.25) is 0 Å². The van der Waals surface area contributed by atoms with Crippen LogP contribution in [0.25, 0.3) is 0 Å². The molecule has 0 saturated carbocycles. The molecule has 1 aromatic carbocycles. The molecule has 0 amide bonds. The minimum Gasteiger partial charge on any atom is -0.395 e. The van der Waals surface area contributed by atoms with Crippen LogP contribution in [0, 0.1) is 5.92 Å². The van der Waals surface area contributed by atoms with Gasteiger partial charge >= 0.3 is 0 Å². The highest BCUT2D eigenvalue weighted by molar-refractivity contribution is 5.45. The van der Waals surface area contributed by atoms with Gasteiger partial charge in [-0.15, -0.1) is 0 Å². The number of piperidine rings is 2. The van der Waals surface area contributed by atoms with E-state index < -0.39 is 0 Å².